The first-order valence-corrected chi connectivity index (χ1v) is 5.79. The van der Waals surface area contributed by atoms with Gasteiger partial charge in [-0.1, -0.05) is 30.3 Å². The first-order chi connectivity index (χ1) is 8.25. The molecule has 0 saturated carbocycles. The van der Waals surface area contributed by atoms with E-state index in [0.717, 1.165) is 6.42 Å². The molecule has 2 aliphatic heterocycles. The molecule has 2 aliphatic rings. The highest BCUT2D eigenvalue weighted by atomic mass is 16.6. The van der Waals surface area contributed by atoms with Crippen LogP contribution in [0.1, 0.15) is 24.3 Å². The number of rotatable bonds is 1. The van der Waals surface area contributed by atoms with E-state index in [0.29, 0.717) is 13.0 Å². The maximum absolute atomic E-state index is 11.9. The Bertz CT molecular complexity index is 457. The van der Waals surface area contributed by atoms with E-state index in [4.69, 9.17) is 4.74 Å². The Kier molecular flexibility index (Phi) is 2.35. The lowest BCUT2D eigenvalue weighted by Crippen LogP contribution is -2.44. The van der Waals surface area contributed by atoms with Crippen molar-refractivity contribution in [3.8, 4) is 0 Å². The molecule has 3 rings (SSSR count). The van der Waals surface area contributed by atoms with Gasteiger partial charge in [-0.15, -0.1) is 0 Å². The van der Waals surface area contributed by atoms with Gasteiger partial charge in [0, 0.05) is 6.42 Å². The molecule has 0 radical (unpaired) electrons. The minimum atomic E-state index is -0.480. The van der Waals surface area contributed by atoms with Crippen molar-refractivity contribution in [3.05, 3.63) is 35.9 Å². The number of benzene rings is 1. The number of ether oxygens (including phenoxy) is 1. The quantitative estimate of drug-likeness (QED) is 0.741. The predicted molar refractivity (Wildman–Crippen MR) is 60.4 cm³/mol. The molecule has 0 bridgehead atoms. The number of nitrogens with zero attached hydrogens (tertiary/aromatic N) is 1. The Labute approximate surface area is 99.2 Å². The van der Waals surface area contributed by atoms with Gasteiger partial charge in [0.2, 0.25) is 5.91 Å². The Balaban J connectivity index is 1.84. The Morgan fingerprint density at radius 1 is 1.18 bits per heavy atom. The molecule has 0 spiro atoms. The maximum Gasteiger partial charge on any atom is 0.416 e. The van der Waals surface area contributed by atoms with Crippen molar-refractivity contribution in [2.24, 2.45) is 0 Å². The average molecular weight is 231 g/mol. The summed E-state index contributed by atoms with van der Waals surface area (Å²) < 4.78 is 4.92. The van der Waals surface area contributed by atoms with E-state index in [1.165, 1.54) is 10.5 Å². The first-order valence-electron chi connectivity index (χ1n) is 5.79. The van der Waals surface area contributed by atoms with Gasteiger partial charge < -0.3 is 4.74 Å². The molecule has 17 heavy (non-hydrogen) atoms. The van der Waals surface area contributed by atoms with Gasteiger partial charge in [-0.2, -0.15) is 0 Å². The molecule has 1 aromatic rings. The third-order valence-corrected chi connectivity index (χ3v) is 3.48. The molecule has 2 amide bonds. The maximum atomic E-state index is 11.9. The lowest BCUT2D eigenvalue weighted by atomic mass is 9.85. The van der Waals surface area contributed by atoms with Crippen molar-refractivity contribution in [2.75, 3.05) is 6.61 Å². The number of carbonyl (C=O) groups is 2. The Hall–Kier alpha value is -1.84. The average Bonchev–Trinajstić information content (AvgIpc) is 2.73. The van der Waals surface area contributed by atoms with Crippen LogP contribution >= 0.6 is 0 Å². The van der Waals surface area contributed by atoms with Crippen LogP contribution in [-0.4, -0.2) is 29.5 Å². The van der Waals surface area contributed by atoms with Crippen LogP contribution in [0.25, 0.3) is 0 Å². The van der Waals surface area contributed by atoms with Crippen molar-refractivity contribution in [1.29, 1.82) is 0 Å². The second-order valence-corrected chi connectivity index (χ2v) is 4.54. The zero-order valence-electron chi connectivity index (χ0n) is 9.33. The van der Waals surface area contributed by atoms with E-state index in [2.05, 4.69) is 0 Å². The summed E-state index contributed by atoms with van der Waals surface area (Å²) in [7, 11) is 0. The molecular weight excluding hydrogens is 218 g/mol. The molecule has 2 atom stereocenters. The number of cyclic esters (lactones) is 1. The van der Waals surface area contributed by atoms with Crippen LogP contribution in [0.5, 0.6) is 0 Å². The van der Waals surface area contributed by atoms with Crippen LogP contribution in [0, 0.1) is 0 Å². The zero-order valence-corrected chi connectivity index (χ0v) is 9.33. The molecule has 0 aromatic heterocycles. The van der Waals surface area contributed by atoms with Gasteiger partial charge in [0.25, 0.3) is 0 Å². The van der Waals surface area contributed by atoms with Crippen molar-refractivity contribution in [1.82, 2.24) is 4.90 Å². The number of amides is 2. The third-order valence-electron chi connectivity index (χ3n) is 3.48. The number of hydrogen-bond acceptors (Lipinski definition) is 3. The molecule has 0 unspecified atom stereocenters. The molecular formula is C13H13NO3. The molecule has 88 valence electrons. The fourth-order valence-corrected chi connectivity index (χ4v) is 2.64. The molecule has 2 saturated heterocycles. The number of carbonyl (C=O) groups excluding carboxylic acids is 2. The number of piperidine rings is 1. The standard InChI is InChI=1S/C13H13NO3/c15-12-7-10(9-4-2-1-3-5-9)6-11-8-17-13(16)14(11)12/h1-5,10-11H,6-8H2/t10-,11-/m1/s1. The van der Waals surface area contributed by atoms with Gasteiger partial charge >= 0.3 is 6.09 Å². The normalized spacial score (nSPS) is 27.9. The minimum absolute atomic E-state index is 0.0750. The van der Waals surface area contributed by atoms with E-state index in [1.54, 1.807) is 0 Å². The molecule has 2 fully saturated rings. The minimum Gasteiger partial charge on any atom is -0.447 e. The van der Waals surface area contributed by atoms with Crippen molar-refractivity contribution >= 4 is 12.0 Å². The van der Waals surface area contributed by atoms with Gasteiger partial charge in [0.15, 0.2) is 0 Å². The van der Waals surface area contributed by atoms with Gasteiger partial charge in [-0.05, 0) is 17.9 Å². The topological polar surface area (TPSA) is 46.6 Å². The lowest BCUT2D eigenvalue weighted by molar-refractivity contribution is -0.131. The summed E-state index contributed by atoms with van der Waals surface area (Å²) in [4.78, 5) is 24.5. The highest BCUT2D eigenvalue weighted by Crippen LogP contribution is 2.34. The van der Waals surface area contributed by atoms with Gasteiger partial charge in [0.05, 0.1) is 6.04 Å². The lowest BCUT2D eigenvalue weighted by Gasteiger charge is -2.30. The van der Waals surface area contributed by atoms with Crippen LogP contribution in [0.3, 0.4) is 0 Å². The molecule has 0 aliphatic carbocycles. The van der Waals surface area contributed by atoms with Gasteiger partial charge in [-0.25, -0.2) is 9.69 Å². The van der Waals surface area contributed by atoms with E-state index in [1.807, 2.05) is 30.3 Å². The second kappa shape index (κ2) is 3.87. The van der Waals surface area contributed by atoms with Crippen LogP contribution in [0.4, 0.5) is 4.79 Å². The molecule has 2 heterocycles. The summed E-state index contributed by atoms with van der Waals surface area (Å²) in [5.41, 5.74) is 1.17. The van der Waals surface area contributed by atoms with Crippen molar-refractivity contribution in [2.45, 2.75) is 24.8 Å². The largest absolute Gasteiger partial charge is 0.447 e. The van der Waals surface area contributed by atoms with E-state index in [9.17, 15) is 9.59 Å². The molecule has 1 aromatic carbocycles. The summed E-state index contributed by atoms with van der Waals surface area (Å²) in [6.45, 7) is 0.341. The van der Waals surface area contributed by atoms with E-state index < -0.39 is 6.09 Å². The predicted octanol–water partition coefficient (Wildman–Crippen LogP) is 1.91. The molecule has 0 N–H and O–H groups in total. The fraction of sp³-hybridized carbons (Fsp3) is 0.385. The third kappa shape index (κ3) is 1.69. The second-order valence-electron chi connectivity index (χ2n) is 4.54. The summed E-state index contributed by atoms with van der Waals surface area (Å²) in [6.07, 6.45) is 0.725. The van der Waals surface area contributed by atoms with Crippen LogP contribution in [0.15, 0.2) is 30.3 Å². The van der Waals surface area contributed by atoms with E-state index >= 15 is 0 Å². The zero-order chi connectivity index (χ0) is 11.8. The number of fused-ring (bicyclic) bond motifs is 1. The Morgan fingerprint density at radius 2 is 1.94 bits per heavy atom. The van der Waals surface area contributed by atoms with Crippen molar-refractivity contribution < 1.29 is 14.3 Å². The van der Waals surface area contributed by atoms with E-state index in [-0.39, 0.29) is 17.9 Å². The first kappa shape index (κ1) is 10.3. The van der Waals surface area contributed by atoms with Crippen molar-refractivity contribution in [3.63, 3.8) is 0 Å². The van der Waals surface area contributed by atoms with Crippen LogP contribution in [-0.2, 0) is 9.53 Å². The number of imide groups is 1. The summed E-state index contributed by atoms with van der Waals surface area (Å²) in [5.74, 6) is 0.0945. The molecule has 4 nitrogen and oxygen atoms in total. The highest BCUT2D eigenvalue weighted by molar-refractivity contribution is 5.94. The molecule has 4 heteroatoms. The smallest absolute Gasteiger partial charge is 0.416 e. The summed E-state index contributed by atoms with van der Waals surface area (Å²) in [6, 6.07) is 9.90. The summed E-state index contributed by atoms with van der Waals surface area (Å²) >= 11 is 0. The summed E-state index contributed by atoms with van der Waals surface area (Å²) in [5, 5.41) is 0. The monoisotopic (exact) mass is 231 g/mol. The van der Waals surface area contributed by atoms with Crippen LogP contribution in [0.2, 0.25) is 0 Å². The Morgan fingerprint density at radius 3 is 2.71 bits per heavy atom. The van der Waals surface area contributed by atoms with Gasteiger partial charge in [-0.3, -0.25) is 4.79 Å². The van der Waals surface area contributed by atoms with Crippen LogP contribution < -0.4 is 0 Å². The fourth-order valence-electron chi connectivity index (χ4n) is 2.64. The SMILES string of the molecule is O=C1C[C@H](c2ccccc2)C[C@@H]2COC(=O)N12. The number of hydrogen-bond donors (Lipinski definition) is 0. The van der Waals surface area contributed by atoms with Gasteiger partial charge in [0.1, 0.15) is 6.61 Å². The highest BCUT2D eigenvalue weighted by Gasteiger charge is 2.43.